The van der Waals surface area contributed by atoms with Crippen molar-refractivity contribution in [3.63, 3.8) is 0 Å². The second kappa shape index (κ2) is 11.1. The number of benzene rings is 2. The SMILES string of the molecule is COc1ccc(C2C(=C(O)c3cc(C)ccc3C)C(=O)C(=O)N2CCCN2CCOCC2)cc1OC. The van der Waals surface area contributed by atoms with Crippen LogP contribution in [0, 0.1) is 13.8 Å². The van der Waals surface area contributed by atoms with Gasteiger partial charge in [0.15, 0.2) is 11.5 Å². The largest absolute Gasteiger partial charge is 0.507 e. The number of hydrogen-bond acceptors (Lipinski definition) is 7. The molecule has 192 valence electrons. The van der Waals surface area contributed by atoms with Gasteiger partial charge in [0.25, 0.3) is 11.7 Å². The number of aryl methyl sites for hydroxylation is 2. The zero-order chi connectivity index (χ0) is 25.8. The van der Waals surface area contributed by atoms with E-state index < -0.39 is 17.7 Å². The fraction of sp³-hybridized carbons (Fsp3) is 0.429. The van der Waals surface area contributed by atoms with E-state index in [1.807, 2.05) is 38.1 Å². The van der Waals surface area contributed by atoms with Crippen molar-refractivity contribution < 1.29 is 28.9 Å². The maximum Gasteiger partial charge on any atom is 0.295 e. The van der Waals surface area contributed by atoms with E-state index in [-0.39, 0.29) is 11.3 Å². The van der Waals surface area contributed by atoms with Gasteiger partial charge in [-0.05, 0) is 49.6 Å². The van der Waals surface area contributed by atoms with Gasteiger partial charge in [-0.15, -0.1) is 0 Å². The number of rotatable bonds is 8. The van der Waals surface area contributed by atoms with E-state index in [9.17, 15) is 14.7 Å². The Bertz CT molecular complexity index is 1170. The van der Waals surface area contributed by atoms with Crippen LogP contribution in [-0.4, -0.2) is 80.2 Å². The van der Waals surface area contributed by atoms with Crippen molar-refractivity contribution in [2.45, 2.75) is 26.3 Å². The summed E-state index contributed by atoms with van der Waals surface area (Å²) in [6, 6.07) is 10.3. The maximum atomic E-state index is 13.4. The summed E-state index contributed by atoms with van der Waals surface area (Å²) in [5, 5.41) is 11.4. The van der Waals surface area contributed by atoms with Crippen molar-refractivity contribution in [2.24, 2.45) is 0 Å². The third kappa shape index (κ3) is 5.10. The molecule has 8 heteroatoms. The van der Waals surface area contributed by atoms with Gasteiger partial charge in [0.1, 0.15) is 5.76 Å². The minimum absolute atomic E-state index is 0.0901. The van der Waals surface area contributed by atoms with Gasteiger partial charge >= 0.3 is 0 Å². The molecule has 2 heterocycles. The predicted octanol–water partition coefficient (Wildman–Crippen LogP) is 3.46. The summed E-state index contributed by atoms with van der Waals surface area (Å²) >= 11 is 0. The van der Waals surface area contributed by atoms with Crippen LogP contribution in [0.2, 0.25) is 0 Å². The van der Waals surface area contributed by atoms with Gasteiger partial charge in [-0.1, -0.05) is 23.8 Å². The average molecular weight is 495 g/mol. The standard InChI is InChI=1S/C28H34N2O6/c1-18-6-7-19(2)21(16-18)26(31)24-25(20-8-9-22(34-3)23(17-20)35-4)30(28(33)27(24)32)11-5-10-29-12-14-36-15-13-29/h6-9,16-17,25,31H,5,10-15H2,1-4H3. The van der Waals surface area contributed by atoms with E-state index in [0.29, 0.717) is 48.8 Å². The molecule has 1 N–H and O–H groups in total. The van der Waals surface area contributed by atoms with Gasteiger partial charge in [0.2, 0.25) is 0 Å². The van der Waals surface area contributed by atoms with Gasteiger partial charge in [-0.3, -0.25) is 14.5 Å². The van der Waals surface area contributed by atoms with E-state index in [1.54, 1.807) is 24.1 Å². The first-order valence-corrected chi connectivity index (χ1v) is 12.2. The highest BCUT2D eigenvalue weighted by atomic mass is 16.5. The molecule has 0 bridgehead atoms. The number of likely N-dealkylation sites (tertiary alicyclic amines) is 1. The zero-order valence-corrected chi connectivity index (χ0v) is 21.4. The molecule has 1 atom stereocenters. The topological polar surface area (TPSA) is 88.5 Å². The minimum Gasteiger partial charge on any atom is -0.507 e. The lowest BCUT2D eigenvalue weighted by atomic mass is 9.93. The fourth-order valence-corrected chi connectivity index (χ4v) is 4.91. The lowest BCUT2D eigenvalue weighted by Crippen LogP contribution is -2.39. The van der Waals surface area contributed by atoms with Crippen LogP contribution >= 0.6 is 0 Å². The molecule has 0 aromatic heterocycles. The first-order valence-electron chi connectivity index (χ1n) is 12.2. The van der Waals surface area contributed by atoms with E-state index in [2.05, 4.69) is 4.90 Å². The van der Waals surface area contributed by atoms with Crippen LogP contribution < -0.4 is 9.47 Å². The summed E-state index contributed by atoms with van der Waals surface area (Å²) in [6.45, 7) is 8.07. The summed E-state index contributed by atoms with van der Waals surface area (Å²) in [4.78, 5) is 30.5. The normalized spacial score (nSPS) is 20.1. The van der Waals surface area contributed by atoms with Crippen molar-refractivity contribution in [2.75, 3.05) is 53.6 Å². The third-order valence-corrected chi connectivity index (χ3v) is 6.89. The van der Waals surface area contributed by atoms with Gasteiger partial charge < -0.3 is 24.2 Å². The van der Waals surface area contributed by atoms with Crippen molar-refractivity contribution in [3.05, 3.63) is 64.2 Å². The highest BCUT2D eigenvalue weighted by Gasteiger charge is 2.46. The van der Waals surface area contributed by atoms with Crippen LogP contribution in [0.5, 0.6) is 11.5 Å². The number of ether oxygens (including phenoxy) is 3. The molecule has 2 aromatic carbocycles. The molecule has 0 radical (unpaired) electrons. The minimum atomic E-state index is -0.741. The smallest absolute Gasteiger partial charge is 0.295 e. The molecule has 2 saturated heterocycles. The molecule has 0 aliphatic carbocycles. The lowest BCUT2D eigenvalue weighted by Gasteiger charge is -2.29. The summed E-state index contributed by atoms with van der Waals surface area (Å²) in [5.74, 6) is -0.422. The molecule has 2 aliphatic heterocycles. The highest BCUT2D eigenvalue weighted by Crippen LogP contribution is 2.42. The number of aliphatic hydroxyl groups excluding tert-OH is 1. The number of nitrogens with zero attached hydrogens (tertiary/aromatic N) is 2. The van der Waals surface area contributed by atoms with Gasteiger partial charge in [0.05, 0.1) is 39.0 Å². The van der Waals surface area contributed by atoms with Crippen LogP contribution in [0.1, 0.15) is 34.7 Å². The molecule has 1 unspecified atom stereocenters. The Balaban J connectivity index is 1.75. The second-order valence-electron chi connectivity index (χ2n) is 9.23. The number of ketones is 1. The summed E-state index contributed by atoms with van der Waals surface area (Å²) < 4.78 is 16.3. The quantitative estimate of drug-likeness (QED) is 0.342. The van der Waals surface area contributed by atoms with E-state index in [4.69, 9.17) is 14.2 Å². The Hall–Kier alpha value is -3.36. The van der Waals surface area contributed by atoms with Crippen LogP contribution in [0.4, 0.5) is 0 Å². The van der Waals surface area contributed by atoms with Gasteiger partial charge in [-0.25, -0.2) is 0 Å². The Labute approximate surface area is 212 Å². The molecular weight excluding hydrogens is 460 g/mol. The Morgan fingerprint density at radius 2 is 1.72 bits per heavy atom. The molecular formula is C28H34N2O6. The number of hydrogen-bond donors (Lipinski definition) is 1. The third-order valence-electron chi connectivity index (χ3n) is 6.89. The maximum absolute atomic E-state index is 13.4. The zero-order valence-electron chi connectivity index (χ0n) is 21.4. The number of carbonyl (C=O) groups is 2. The number of methoxy groups -OCH3 is 2. The van der Waals surface area contributed by atoms with Crippen LogP contribution in [0.25, 0.3) is 5.76 Å². The molecule has 4 rings (SSSR count). The Morgan fingerprint density at radius 1 is 1.00 bits per heavy atom. The average Bonchev–Trinajstić information content (AvgIpc) is 3.15. The fourth-order valence-electron chi connectivity index (χ4n) is 4.91. The van der Waals surface area contributed by atoms with Crippen LogP contribution in [0.3, 0.4) is 0 Å². The van der Waals surface area contributed by atoms with Gasteiger partial charge in [0, 0.05) is 31.7 Å². The molecule has 2 fully saturated rings. The van der Waals surface area contributed by atoms with Gasteiger partial charge in [-0.2, -0.15) is 0 Å². The molecule has 0 spiro atoms. The summed E-state index contributed by atoms with van der Waals surface area (Å²) in [5.41, 5.74) is 3.08. The Kier molecular flexibility index (Phi) is 7.96. The van der Waals surface area contributed by atoms with Crippen molar-refractivity contribution in [1.82, 2.24) is 9.80 Å². The molecule has 2 aliphatic rings. The van der Waals surface area contributed by atoms with E-state index >= 15 is 0 Å². The lowest BCUT2D eigenvalue weighted by molar-refractivity contribution is -0.140. The molecule has 8 nitrogen and oxygen atoms in total. The summed E-state index contributed by atoms with van der Waals surface area (Å²) in [7, 11) is 3.09. The van der Waals surface area contributed by atoms with E-state index in [0.717, 1.165) is 30.8 Å². The number of Topliss-reactive ketones (excluding diaryl/α,β-unsaturated/α-hetero) is 1. The first kappa shape index (κ1) is 25.7. The molecule has 0 saturated carbocycles. The number of amides is 1. The van der Waals surface area contributed by atoms with E-state index in [1.165, 1.54) is 7.11 Å². The van der Waals surface area contributed by atoms with Crippen LogP contribution in [-0.2, 0) is 14.3 Å². The molecule has 36 heavy (non-hydrogen) atoms. The number of aliphatic hydroxyl groups is 1. The monoisotopic (exact) mass is 494 g/mol. The number of morpholine rings is 1. The first-order chi connectivity index (χ1) is 17.3. The molecule has 2 aromatic rings. The highest BCUT2D eigenvalue weighted by molar-refractivity contribution is 6.46. The number of carbonyl (C=O) groups excluding carboxylic acids is 2. The second-order valence-corrected chi connectivity index (χ2v) is 9.23. The van der Waals surface area contributed by atoms with Crippen LogP contribution in [0.15, 0.2) is 42.0 Å². The van der Waals surface area contributed by atoms with Crippen molar-refractivity contribution >= 4 is 17.4 Å². The molecule has 1 amide bonds. The van der Waals surface area contributed by atoms with Crippen molar-refractivity contribution in [1.29, 1.82) is 0 Å². The predicted molar refractivity (Wildman–Crippen MR) is 136 cm³/mol. The Morgan fingerprint density at radius 3 is 2.42 bits per heavy atom. The summed E-state index contributed by atoms with van der Waals surface area (Å²) in [6.07, 6.45) is 0.695. The van der Waals surface area contributed by atoms with Crippen molar-refractivity contribution in [3.8, 4) is 11.5 Å².